The summed E-state index contributed by atoms with van der Waals surface area (Å²) in [5.74, 6) is -0.139. The van der Waals surface area contributed by atoms with E-state index in [1.54, 1.807) is 16.7 Å². The number of imidazole rings is 1. The number of fused-ring (bicyclic) bond motifs is 1. The first kappa shape index (κ1) is 13.9. The Morgan fingerprint density at radius 2 is 1.95 bits per heavy atom. The number of nitrogens with two attached hydrogens (primary N) is 1. The molecule has 0 fully saturated rings. The minimum absolute atomic E-state index is 0.248. The number of halogens is 4. The van der Waals surface area contributed by atoms with Gasteiger partial charge in [-0.1, -0.05) is 27.5 Å². The Hall–Kier alpha value is -1.11. The third-order valence-electron chi connectivity index (χ3n) is 2.87. The van der Waals surface area contributed by atoms with E-state index in [1.165, 1.54) is 6.07 Å². The zero-order chi connectivity index (χ0) is 14.4. The lowest BCUT2D eigenvalue weighted by Crippen LogP contribution is -2.01. The van der Waals surface area contributed by atoms with Crippen molar-refractivity contribution >= 4 is 60.4 Å². The van der Waals surface area contributed by atoms with Crippen LogP contribution >= 0.6 is 43.5 Å². The van der Waals surface area contributed by atoms with Crippen LogP contribution in [0.5, 0.6) is 0 Å². The van der Waals surface area contributed by atoms with Crippen molar-refractivity contribution in [2.45, 2.75) is 0 Å². The number of nitrogen functional groups attached to an aromatic ring is 1. The van der Waals surface area contributed by atoms with Gasteiger partial charge in [0.15, 0.2) is 0 Å². The first-order chi connectivity index (χ1) is 9.47. The SMILES string of the molecule is Nc1nc2cc(F)c(Br)cc2n1-c1cc(Br)ccc1Cl. The molecule has 0 aliphatic carbocycles. The molecule has 0 saturated heterocycles. The molecule has 0 aliphatic rings. The Morgan fingerprint density at radius 3 is 2.70 bits per heavy atom. The van der Waals surface area contributed by atoms with Crippen molar-refractivity contribution < 1.29 is 4.39 Å². The Bertz CT molecular complexity index is 832. The summed E-state index contributed by atoms with van der Waals surface area (Å²) in [6.45, 7) is 0. The van der Waals surface area contributed by atoms with Gasteiger partial charge in [0.2, 0.25) is 5.95 Å². The molecule has 0 amide bonds. The lowest BCUT2D eigenvalue weighted by molar-refractivity contribution is 0.623. The lowest BCUT2D eigenvalue weighted by atomic mass is 10.2. The number of aromatic nitrogens is 2. The number of hydrogen-bond acceptors (Lipinski definition) is 2. The second kappa shape index (κ2) is 5.02. The number of benzene rings is 2. The van der Waals surface area contributed by atoms with Gasteiger partial charge in [-0.2, -0.15) is 0 Å². The van der Waals surface area contributed by atoms with Crippen LogP contribution in [0.2, 0.25) is 5.02 Å². The summed E-state index contributed by atoms with van der Waals surface area (Å²) in [7, 11) is 0. The van der Waals surface area contributed by atoms with E-state index in [4.69, 9.17) is 17.3 Å². The van der Waals surface area contributed by atoms with Gasteiger partial charge < -0.3 is 5.73 Å². The second-order valence-electron chi connectivity index (χ2n) is 4.16. The van der Waals surface area contributed by atoms with Gasteiger partial charge in [0.05, 0.1) is 26.2 Å². The Kier molecular flexibility index (Phi) is 3.48. The highest BCUT2D eigenvalue weighted by Gasteiger charge is 2.15. The molecule has 2 aromatic carbocycles. The molecule has 3 aromatic rings. The molecule has 102 valence electrons. The van der Waals surface area contributed by atoms with E-state index in [9.17, 15) is 4.39 Å². The molecular formula is C13H7Br2ClFN3. The molecule has 0 saturated carbocycles. The van der Waals surface area contributed by atoms with Crippen molar-refractivity contribution in [3.8, 4) is 5.69 Å². The molecule has 20 heavy (non-hydrogen) atoms. The zero-order valence-electron chi connectivity index (χ0n) is 9.87. The Morgan fingerprint density at radius 1 is 1.20 bits per heavy atom. The molecule has 0 atom stereocenters. The van der Waals surface area contributed by atoms with E-state index in [1.807, 2.05) is 12.1 Å². The minimum atomic E-state index is -0.387. The second-order valence-corrected chi connectivity index (χ2v) is 6.33. The Labute approximate surface area is 135 Å². The predicted molar refractivity (Wildman–Crippen MR) is 85.9 cm³/mol. The largest absolute Gasteiger partial charge is 0.369 e. The number of hydrogen-bond donors (Lipinski definition) is 1. The highest BCUT2D eigenvalue weighted by molar-refractivity contribution is 9.10. The quantitative estimate of drug-likeness (QED) is 0.608. The monoisotopic (exact) mass is 417 g/mol. The average Bonchev–Trinajstić information content (AvgIpc) is 2.69. The van der Waals surface area contributed by atoms with Crippen molar-refractivity contribution in [2.24, 2.45) is 0 Å². The molecule has 0 spiro atoms. The van der Waals surface area contributed by atoms with Crippen LogP contribution in [-0.2, 0) is 0 Å². The van der Waals surface area contributed by atoms with E-state index in [-0.39, 0.29) is 11.8 Å². The van der Waals surface area contributed by atoms with Crippen LogP contribution in [-0.4, -0.2) is 9.55 Å². The van der Waals surface area contributed by atoms with Crippen molar-refractivity contribution in [2.75, 3.05) is 5.73 Å². The normalized spacial score (nSPS) is 11.2. The van der Waals surface area contributed by atoms with Crippen LogP contribution in [0.25, 0.3) is 16.7 Å². The van der Waals surface area contributed by atoms with Gasteiger partial charge in [-0.05, 0) is 40.2 Å². The number of rotatable bonds is 1. The molecule has 3 rings (SSSR count). The predicted octanol–water partition coefficient (Wildman–Crippen LogP) is 4.93. The maximum absolute atomic E-state index is 13.6. The summed E-state index contributed by atoms with van der Waals surface area (Å²) >= 11 is 12.8. The van der Waals surface area contributed by atoms with E-state index >= 15 is 0 Å². The fourth-order valence-electron chi connectivity index (χ4n) is 2.00. The molecule has 0 aliphatic heterocycles. The van der Waals surface area contributed by atoms with E-state index < -0.39 is 0 Å². The standard InChI is InChI=1S/C13H7Br2ClFN3/c14-6-1-2-8(16)11(3-6)20-12-4-7(15)9(17)5-10(12)19-13(20)18/h1-5H,(H2,18,19). The summed E-state index contributed by atoms with van der Waals surface area (Å²) in [6, 6.07) is 8.38. The van der Waals surface area contributed by atoms with Crippen LogP contribution in [0.3, 0.4) is 0 Å². The van der Waals surface area contributed by atoms with Gasteiger partial charge >= 0.3 is 0 Å². The Balaban J connectivity index is 2.38. The average molecular weight is 419 g/mol. The van der Waals surface area contributed by atoms with Gasteiger partial charge in [0.1, 0.15) is 5.82 Å². The maximum Gasteiger partial charge on any atom is 0.205 e. The highest BCUT2D eigenvalue weighted by atomic mass is 79.9. The summed E-state index contributed by atoms with van der Waals surface area (Å²) in [5, 5.41) is 0.527. The van der Waals surface area contributed by atoms with Gasteiger partial charge in [0, 0.05) is 10.5 Å². The van der Waals surface area contributed by atoms with Crippen LogP contribution in [0.15, 0.2) is 39.3 Å². The molecule has 0 radical (unpaired) electrons. The van der Waals surface area contributed by atoms with Crippen molar-refractivity contribution in [3.63, 3.8) is 0 Å². The summed E-state index contributed by atoms with van der Waals surface area (Å²) in [6.07, 6.45) is 0. The highest BCUT2D eigenvalue weighted by Crippen LogP contribution is 2.32. The van der Waals surface area contributed by atoms with Gasteiger partial charge in [0.25, 0.3) is 0 Å². The molecule has 7 heteroatoms. The van der Waals surface area contributed by atoms with E-state index in [0.717, 1.165) is 4.47 Å². The molecule has 1 aromatic heterocycles. The molecule has 1 heterocycles. The van der Waals surface area contributed by atoms with Crippen LogP contribution in [0.4, 0.5) is 10.3 Å². The maximum atomic E-state index is 13.6. The van der Waals surface area contributed by atoms with E-state index in [0.29, 0.717) is 26.2 Å². The summed E-state index contributed by atoms with van der Waals surface area (Å²) < 4.78 is 16.5. The van der Waals surface area contributed by atoms with Crippen molar-refractivity contribution in [1.82, 2.24) is 9.55 Å². The van der Waals surface area contributed by atoms with E-state index in [2.05, 4.69) is 36.8 Å². The molecule has 3 nitrogen and oxygen atoms in total. The first-order valence-corrected chi connectivity index (χ1v) is 7.52. The van der Waals surface area contributed by atoms with Gasteiger partial charge in [-0.15, -0.1) is 0 Å². The smallest absolute Gasteiger partial charge is 0.205 e. The topological polar surface area (TPSA) is 43.8 Å². The molecular weight excluding hydrogens is 412 g/mol. The molecule has 0 unspecified atom stereocenters. The van der Waals surface area contributed by atoms with Gasteiger partial charge in [-0.3, -0.25) is 4.57 Å². The minimum Gasteiger partial charge on any atom is -0.369 e. The molecule has 2 N–H and O–H groups in total. The number of nitrogens with zero attached hydrogens (tertiary/aromatic N) is 2. The van der Waals surface area contributed by atoms with Crippen LogP contribution in [0.1, 0.15) is 0 Å². The third kappa shape index (κ3) is 2.21. The van der Waals surface area contributed by atoms with Crippen molar-refractivity contribution in [1.29, 1.82) is 0 Å². The zero-order valence-corrected chi connectivity index (χ0v) is 13.8. The molecule has 0 bridgehead atoms. The summed E-state index contributed by atoms with van der Waals surface area (Å²) in [5.41, 5.74) is 7.77. The van der Waals surface area contributed by atoms with Gasteiger partial charge in [-0.25, -0.2) is 9.37 Å². The van der Waals surface area contributed by atoms with Crippen LogP contribution in [0, 0.1) is 5.82 Å². The fraction of sp³-hybridized carbons (Fsp3) is 0. The van der Waals surface area contributed by atoms with Crippen molar-refractivity contribution in [3.05, 3.63) is 50.1 Å². The fourth-order valence-corrected chi connectivity index (χ4v) is 2.88. The summed E-state index contributed by atoms with van der Waals surface area (Å²) in [4.78, 5) is 4.17. The third-order valence-corrected chi connectivity index (χ3v) is 4.29. The first-order valence-electron chi connectivity index (χ1n) is 5.56. The number of anilines is 1. The lowest BCUT2D eigenvalue weighted by Gasteiger charge is -2.09. The van der Waals surface area contributed by atoms with Crippen LogP contribution < -0.4 is 5.73 Å².